The van der Waals surface area contributed by atoms with Gasteiger partial charge in [0, 0.05) is 24.2 Å². The Kier molecular flexibility index (Phi) is 4.22. The predicted octanol–water partition coefficient (Wildman–Crippen LogP) is 3.80. The third-order valence-electron chi connectivity index (χ3n) is 3.12. The first-order valence-corrected chi connectivity index (χ1v) is 7.34. The molecule has 0 amide bonds. The van der Waals surface area contributed by atoms with Crippen LogP contribution >= 0.6 is 11.3 Å². The largest absolute Gasteiger partial charge is 0.326 e. The van der Waals surface area contributed by atoms with Crippen LogP contribution in [0.1, 0.15) is 35.9 Å². The Bertz CT molecular complexity index is 560. The lowest BCUT2D eigenvalue weighted by molar-refractivity contribution is 0.811. The van der Waals surface area contributed by atoms with E-state index in [9.17, 15) is 0 Å². The Balaban J connectivity index is 2.36. The van der Waals surface area contributed by atoms with Crippen molar-refractivity contribution < 1.29 is 0 Å². The highest BCUT2D eigenvalue weighted by molar-refractivity contribution is 7.15. The molecule has 0 aliphatic heterocycles. The molecule has 0 bridgehead atoms. The van der Waals surface area contributed by atoms with Crippen molar-refractivity contribution >= 4 is 22.2 Å². The molecule has 0 unspecified atom stereocenters. The van der Waals surface area contributed by atoms with Gasteiger partial charge in [0.25, 0.3) is 0 Å². The number of nitrogens with two attached hydrogens (primary N) is 1. The summed E-state index contributed by atoms with van der Waals surface area (Å²) in [6.45, 7) is 6.98. The lowest BCUT2D eigenvalue weighted by Crippen LogP contribution is -2.09. The van der Waals surface area contributed by atoms with Gasteiger partial charge in [0.05, 0.1) is 5.69 Å². The van der Waals surface area contributed by atoms with Gasteiger partial charge in [-0.1, -0.05) is 37.3 Å². The molecule has 0 spiro atoms. The third kappa shape index (κ3) is 2.96. The minimum atomic E-state index is 0.412. The molecule has 0 aliphatic rings. The van der Waals surface area contributed by atoms with Crippen molar-refractivity contribution in [3.63, 3.8) is 0 Å². The quantitative estimate of drug-likeness (QED) is 0.922. The van der Waals surface area contributed by atoms with Crippen molar-refractivity contribution in [3.05, 3.63) is 40.4 Å². The summed E-state index contributed by atoms with van der Waals surface area (Å²) in [5, 5.41) is 1.01. The fraction of sp³-hybridized carbons (Fsp3) is 0.400. The van der Waals surface area contributed by atoms with Gasteiger partial charge in [-0.15, -0.1) is 0 Å². The zero-order valence-corrected chi connectivity index (χ0v) is 12.8. The molecule has 0 radical (unpaired) electrons. The van der Waals surface area contributed by atoms with Crippen LogP contribution in [0, 0.1) is 6.92 Å². The Labute approximate surface area is 119 Å². The number of aryl methyl sites for hydroxylation is 1. The van der Waals surface area contributed by atoms with Crippen molar-refractivity contribution in [1.82, 2.24) is 4.98 Å². The zero-order valence-electron chi connectivity index (χ0n) is 12.0. The highest BCUT2D eigenvalue weighted by Gasteiger charge is 2.16. The summed E-state index contributed by atoms with van der Waals surface area (Å²) >= 11 is 1.69. The Morgan fingerprint density at radius 2 is 2.11 bits per heavy atom. The summed E-state index contributed by atoms with van der Waals surface area (Å²) < 4.78 is 0. The van der Waals surface area contributed by atoms with Gasteiger partial charge in [0.1, 0.15) is 0 Å². The van der Waals surface area contributed by atoms with E-state index in [0.29, 0.717) is 12.5 Å². The van der Waals surface area contributed by atoms with Crippen molar-refractivity contribution in [2.75, 3.05) is 11.9 Å². The molecule has 4 heteroatoms. The minimum Gasteiger partial charge on any atom is -0.326 e. The second-order valence-corrected chi connectivity index (χ2v) is 6.12. The van der Waals surface area contributed by atoms with Gasteiger partial charge in [-0.3, -0.25) is 0 Å². The van der Waals surface area contributed by atoms with Crippen molar-refractivity contribution in [2.45, 2.75) is 33.2 Å². The monoisotopic (exact) mass is 275 g/mol. The standard InChI is InChI=1S/C15H21N3S/c1-10(2)14-13(9-16)19-15(17-14)18(4)12-7-5-6-11(3)8-12/h5-8,10H,9,16H2,1-4H3. The van der Waals surface area contributed by atoms with Crippen LogP contribution in [0.3, 0.4) is 0 Å². The maximum absolute atomic E-state index is 5.82. The van der Waals surface area contributed by atoms with Crippen molar-refractivity contribution in [3.8, 4) is 0 Å². The molecule has 0 saturated heterocycles. The summed E-state index contributed by atoms with van der Waals surface area (Å²) in [5.74, 6) is 0.412. The molecule has 1 heterocycles. The van der Waals surface area contributed by atoms with Gasteiger partial charge in [-0.2, -0.15) is 0 Å². The Hall–Kier alpha value is -1.39. The van der Waals surface area contributed by atoms with E-state index in [1.807, 2.05) is 0 Å². The van der Waals surface area contributed by atoms with Crippen molar-refractivity contribution in [1.29, 1.82) is 0 Å². The average Bonchev–Trinajstić information content (AvgIpc) is 2.82. The van der Waals surface area contributed by atoms with E-state index in [1.54, 1.807) is 11.3 Å². The molecule has 3 nitrogen and oxygen atoms in total. The van der Waals surface area contributed by atoms with Gasteiger partial charge in [0.2, 0.25) is 0 Å². The average molecular weight is 275 g/mol. The van der Waals surface area contributed by atoms with E-state index in [1.165, 1.54) is 10.4 Å². The fourth-order valence-corrected chi connectivity index (χ4v) is 3.11. The molecule has 2 rings (SSSR count). The van der Waals surface area contributed by atoms with Crippen molar-refractivity contribution in [2.24, 2.45) is 5.73 Å². The Morgan fingerprint density at radius 3 is 2.63 bits per heavy atom. The summed E-state index contributed by atoms with van der Waals surface area (Å²) in [6, 6.07) is 8.44. The molecule has 102 valence electrons. The first-order chi connectivity index (χ1) is 9.02. The number of rotatable bonds is 4. The van der Waals surface area contributed by atoms with E-state index in [-0.39, 0.29) is 0 Å². The van der Waals surface area contributed by atoms with Crippen LogP contribution in [0.2, 0.25) is 0 Å². The Morgan fingerprint density at radius 1 is 1.37 bits per heavy atom. The third-order valence-corrected chi connectivity index (χ3v) is 4.29. The van der Waals surface area contributed by atoms with Crippen LogP contribution in [0.4, 0.5) is 10.8 Å². The molecule has 0 aliphatic carbocycles. The summed E-state index contributed by atoms with van der Waals surface area (Å²) in [5.41, 5.74) is 9.36. The first kappa shape index (κ1) is 14.0. The molecule has 0 fully saturated rings. The van der Waals surface area contributed by atoms with E-state index >= 15 is 0 Å². The highest BCUT2D eigenvalue weighted by atomic mass is 32.1. The van der Waals surface area contributed by atoms with E-state index in [0.717, 1.165) is 16.5 Å². The smallest absolute Gasteiger partial charge is 0.190 e. The second kappa shape index (κ2) is 5.72. The van der Waals surface area contributed by atoms with Crippen LogP contribution in [0.15, 0.2) is 24.3 Å². The maximum Gasteiger partial charge on any atom is 0.190 e. The number of hydrogen-bond acceptors (Lipinski definition) is 4. The summed E-state index contributed by atoms with van der Waals surface area (Å²) in [7, 11) is 2.05. The van der Waals surface area contributed by atoms with Gasteiger partial charge in [-0.25, -0.2) is 4.98 Å². The number of aromatic nitrogens is 1. The number of anilines is 2. The van der Waals surface area contributed by atoms with Gasteiger partial charge < -0.3 is 10.6 Å². The normalized spacial score (nSPS) is 11.1. The van der Waals surface area contributed by atoms with E-state index in [2.05, 4.69) is 57.0 Å². The number of thiazole rings is 1. The number of nitrogens with zero attached hydrogens (tertiary/aromatic N) is 2. The topological polar surface area (TPSA) is 42.2 Å². The van der Waals surface area contributed by atoms with Crippen LogP contribution in [-0.4, -0.2) is 12.0 Å². The lowest BCUT2D eigenvalue weighted by atomic mass is 10.1. The maximum atomic E-state index is 5.82. The van der Waals surface area contributed by atoms with Crippen LogP contribution in [0.25, 0.3) is 0 Å². The van der Waals surface area contributed by atoms with Crippen LogP contribution < -0.4 is 10.6 Å². The number of benzene rings is 1. The van der Waals surface area contributed by atoms with Gasteiger partial charge in [0.15, 0.2) is 5.13 Å². The van der Waals surface area contributed by atoms with Crippen LogP contribution in [0.5, 0.6) is 0 Å². The lowest BCUT2D eigenvalue weighted by Gasteiger charge is -2.16. The zero-order chi connectivity index (χ0) is 14.0. The van der Waals surface area contributed by atoms with Gasteiger partial charge >= 0.3 is 0 Å². The molecule has 1 aromatic carbocycles. The van der Waals surface area contributed by atoms with E-state index < -0.39 is 0 Å². The fourth-order valence-electron chi connectivity index (χ4n) is 2.04. The summed E-state index contributed by atoms with van der Waals surface area (Å²) in [6.07, 6.45) is 0. The molecular formula is C15H21N3S. The van der Waals surface area contributed by atoms with E-state index in [4.69, 9.17) is 10.7 Å². The molecule has 19 heavy (non-hydrogen) atoms. The molecule has 2 aromatic rings. The number of hydrogen-bond donors (Lipinski definition) is 1. The highest BCUT2D eigenvalue weighted by Crippen LogP contribution is 2.33. The second-order valence-electron chi connectivity index (χ2n) is 5.06. The molecule has 2 N–H and O–H groups in total. The van der Waals surface area contributed by atoms with Gasteiger partial charge in [-0.05, 0) is 30.5 Å². The minimum absolute atomic E-state index is 0.412. The molecule has 1 aromatic heterocycles. The van der Waals surface area contributed by atoms with Crippen LogP contribution in [-0.2, 0) is 6.54 Å². The SMILES string of the molecule is Cc1cccc(N(C)c2nc(C(C)C)c(CN)s2)c1. The molecular weight excluding hydrogens is 254 g/mol. The molecule has 0 atom stereocenters. The molecule has 0 saturated carbocycles. The predicted molar refractivity (Wildman–Crippen MR) is 83.3 cm³/mol. The first-order valence-electron chi connectivity index (χ1n) is 6.53. The summed E-state index contributed by atoms with van der Waals surface area (Å²) in [4.78, 5) is 8.06.